The lowest BCUT2D eigenvalue weighted by molar-refractivity contribution is 1.18. The summed E-state index contributed by atoms with van der Waals surface area (Å²) in [5.74, 6) is 0. The number of benzene rings is 8. The Morgan fingerprint density at radius 2 is 1.09 bits per heavy atom. The molecule has 0 bridgehead atoms. The second-order valence-electron chi connectivity index (χ2n) is 12.8. The summed E-state index contributed by atoms with van der Waals surface area (Å²) in [6.45, 7) is -0.0337. The lowest BCUT2D eigenvalue weighted by Crippen LogP contribution is -2.53. The van der Waals surface area contributed by atoms with Crippen molar-refractivity contribution < 1.29 is 0 Å². The molecule has 0 saturated heterocycles. The van der Waals surface area contributed by atoms with Crippen molar-refractivity contribution in [3.8, 4) is 16.8 Å². The molecule has 10 aromatic rings. The fraction of sp³-hybridized carbons (Fsp3) is 0. The predicted octanol–water partition coefficient (Wildman–Crippen LogP) is 9.83. The van der Waals surface area contributed by atoms with Crippen LogP contribution in [0.2, 0.25) is 0 Å². The highest BCUT2D eigenvalue weighted by molar-refractivity contribution is 6.88. The lowest BCUT2D eigenvalue weighted by atomic mass is 9.48. The van der Waals surface area contributed by atoms with Crippen molar-refractivity contribution in [1.29, 1.82) is 0 Å². The Labute approximate surface area is 271 Å². The molecule has 216 valence electrons. The average molecular weight is 595 g/mol. The van der Waals surface area contributed by atoms with E-state index in [4.69, 9.17) is 0 Å². The number of fused-ring (bicyclic) bond motifs is 12. The van der Waals surface area contributed by atoms with Gasteiger partial charge in [-0.15, -0.1) is 0 Å². The van der Waals surface area contributed by atoms with Crippen LogP contribution in [0.1, 0.15) is 0 Å². The molecule has 0 radical (unpaired) electrons. The number of aromatic nitrogens is 2. The highest BCUT2D eigenvalue weighted by Crippen LogP contribution is 2.42. The van der Waals surface area contributed by atoms with Crippen molar-refractivity contribution >= 4 is 82.9 Å². The first-order valence-electron chi connectivity index (χ1n) is 16.4. The van der Waals surface area contributed by atoms with Gasteiger partial charge in [-0.3, -0.25) is 0 Å². The number of hydrogen-bond acceptors (Lipinski definition) is 0. The maximum atomic E-state index is 2.65. The first-order valence-corrected chi connectivity index (χ1v) is 16.4. The SMILES string of the molecule is c1ccc(-c2cccc3c4ccccc4n(B4c5ccccc5-n5c6ccc7ccccc7c6c6c7ccccc7cc4c65)c23)cc1. The van der Waals surface area contributed by atoms with Crippen molar-refractivity contribution in [3.05, 3.63) is 164 Å². The minimum absolute atomic E-state index is 0.0337. The fourth-order valence-electron chi connectivity index (χ4n) is 8.68. The van der Waals surface area contributed by atoms with E-state index in [9.17, 15) is 0 Å². The van der Waals surface area contributed by atoms with Gasteiger partial charge in [0.2, 0.25) is 0 Å². The Morgan fingerprint density at radius 1 is 0.404 bits per heavy atom. The zero-order valence-electron chi connectivity index (χ0n) is 25.6. The van der Waals surface area contributed by atoms with Crippen molar-refractivity contribution in [3.63, 3.8) is 0 Å². The van der Waals surface area contributed by atoms with E-state index < -0.39 is 0 Å². The lowest BCUT2D eigenvalue weighted by Gasteiger charge is -2.29. The van der Waals surface area contributed by atoms with Crippen LogP contribution >= 0.6 is 0 Å². The summed E-state index contributed by atoms with van der Waals surface area (Å²) in [5.41, 5.74) is 11.5. The van der Waals surface area contributed by atoms with Crippen LogP contribution in [-0.4, -0.2) is 15.9 Å². The first kappa shape index (κ1) is 25.2. The zero-order chi connectivity index (χ0) is 30.6. The zero-order valence-corrected chi connectivity index (χ0v) is 25.6. The molecule has 0 spiro atoms. The van der Waals surface area contributed by atoms with E-state index in [1.807, 2.05) is 0 Å². The van der Waals surface area contributed by atoms with E-state index in [1.165, 1.54) is 92.9 Å². The molecule has 3 heteroatoms. The van der Waals surface area contributed by atoms with Gasteiger partial charge in [0.25, 0.3) is 0 Å². The molecule has 0 unspecified atom stereocenters. The largest absolute Gasteiger partial charge is 0.375 e. The van der Waals surface area contributed by atoms with E-state index >= 15 is 0 Å². The molecule has 0 saturated carbocycles. The van der Waals surface area contributed by atoms with Gasteiger partial charge in [0.1, 0.15) is 0 Å². The summed E-state index contributed by atoms with van der Waals surface area (Å²) >= 11 is 0. The third-order valence-corrected chi connectivity index (χ3v) is 10.5. The van der Waals surface area contributed by atoms with Crippen LogP contribution in [0.15, 0.2) is 164 Å². The number of para-hydroxylation sites is 3. The maximum Gasteiger partial charge on any atom is 0.332 e. The smallest absolute Gasteiger partial charge is 0.332 e. The molecule has 8 aromatic carbocycles. The summed E-state index contributed by atoms with van der Waals surface area (Å²) in [6, 6.07) is 60.6. The molecule has 3 heterocycles. The molecule has 1 aliphatic heterocycles. The van der Waals surface area contributed by atoms with Gasteiger partial charge in [0, 0.05) is 43.8 Å². The van der Waals surface area contributed by atoms with Gasteiger partial charge in [-0.2, -0.15) is 0 Å². The van der Waals surface area contributed by atoms with Crippen LogP contribution in [0.25, 0.3) is 82.0 Å². The van der Waals surface area contributed by atoms with Gasteiger partial charge in [-0.25, -0.2) is 0 Å². The molecule has 2 aromatic heterocycles. The minimum atomic E-state index is -0.0337. The quantitative estimate of drug-likeness (QED) is 0.176. The molecule has 47 heavy (non-hydrogen) atoms. The minimum Gasteiger partial charge on any atom is -0.375 e. The Kier molecular flexibility index (Phi) is 4.95. The monoisotopic (exact) mass is 594 g/mol. The molecule has 0 aliphatic carbocycles. The van der Waals surface area contributed by atoms with Crippen molar-refractivity contribution in [1.82, 2.24) is 9.05 Å². The van der Waals surface area contributed by atoms with Crippen LogP contribution < -0.4 is 10.9 Å². The Bertz CT molecular complexity index is 2910. The second kappa shape index (κ2) is 9.25. The van der Waals surface area contributed by atoms with Crippen LogP contribution in [0.5, 0.6) is 0 Å². The maximum absolute atomic E-state index is 2.65. The van der Waals surface area contributed by atoms with E-state index in [-0.39, 0.29) is 6.85 Å². The molecule has 11 rings (SSSR count). The topological polar surface area (TPSA) is 9.86 Å². The highest BCUT2D eigenvalue weighted by Gasteiger charge is 2.37. The molecular weight excluding hydrogens is 567 g/mol. The Hall–Kier alpha value is -6.06. The van der Waals surface area contributed by atoms with Gasteiger partial charge in [-0.05, 0) is 56.2 Å². The number of rotatable bonds is 2. The molecule has 0 amide bonds. The van der Waals surface area contributed by atoms with Crippen molar-refractivity contribution in [2.75, 3.05) is 0 Å². The number of hydrogen-bond donors (Lipinski definition) is 0. The van der Waals surface area contributed by atoms with Crippen LogP contribution in [0.4, 0.5) is 0 Å². The normalized spacial score (nSPS) is 12.6. The third-order valence-electron chi connectivity index (χ3n) is 10.5. The summed E-state index contributed by atoms with van der Waals surface area (Å²) in [4.78, 5) is 0. The summed E-state index contributed by atoms with van der Waals surface area (Å²) in [6.07, 6.45) is 0. The highest BCUT2D eigenvalue weighted by atomic mass is 15.0. The van der Waals surface area contributed by atoms with E-state index in [0.717, 1.165) is 0 Å². The molecule has 0 N–H and O–H groups in total. The Morgan fingerprint density at radius 3 is 1.96 bits per heavy atom. The second-order valence-corrected chi connectivity index (χ2v) is 12.8. The molecule has 0 atom stereocenters. The molecular formula is C44H27BN2. The van der Waals surface area contributed by atoms with Gasteiger partial charge < -0.3 is 9.05 Å². The van der Waals surface area contributed by atoms with E-state index in [2.05, 4.69) is 173 Å². The summed E-state index contributed by atoms with van der Waals surface area (Å²) in [5, 5.41) is 10.4. The third kappa shape index (κ3) is 3.25. The molecule has 0 fully saturated rings. The van der Waals surface area contributed by atoms with Gasteiger partial charge >= 0.3 is 6.85 Å². The van der Waals surface area contributed by atoms with E-state index in [0.29, 0.717) is 0 Å². The van der Waals surface area contributed by atoms with Crippen LogP contribution in [-0.2, 0) is 0 Å². The first-order chi connectivity index (χ1) is 23.4. The fourth-order valence-corrected chi connectivity index (χ4v) is 8.68. The van der Waals surface area contributed by atoms with E-state index in [1.54, 1.807) is 0 Å². The number of nitrogens with zero attached hydrogens (tertiary/aromatic N) is 2. The van der Waals surface area contributed by atoms with Crippen LogP contribution in [0, 0.1) is 0 Å². The van der Waals surface area contributed by atoms with Crippen molar-refractivity contribution in [2.24, 2.45) is 0 Å². The standard InChI is InChI=1S/C44H27BN2/c1-2-13-28(14-3-1)33-20-12-21-35-34-19-8-10-23-38(34)47(43(33)35)45-36-22-9-11-24-39(36)46-40-26-25-29-15-4-6-17-31(29)41(40)42-32-18-7-5-16-30(32)27-37(45)44(42)46/h1-27H. The molecule has 1 aliphatic rings. The van der Waals surface area contributed by atoms with Gasteiger partial charge in [0.05, 0.1) is 11.0 Å². The van der Waals surface area contributed by atoms with Crippen LogP contribution in [0.3, 0.4) is 0 Å². The predicted molar refractivity (Wildman–Crippen MR) is 201 cm³/mol. The summed E-state index contributed by atoms with van der Waals surface area (Å²) < 4.78 is 5.20. The Balaban J connectivity index is 1.39. The van der Waals surface area contributed by atoms with Crippen molar-refractivity contribution in [2.45, 2.75) is 0 Å². The van der Waals surface area contributed by atoms with Gasteiger partial charge in [-0.1, -0.05) is 146 Å². The molecule has 2 nitrogen and oxygen atoms in total. The average Bonchev–Trinajstić information content (AvgIpc) is 3.67. The summed E-state index contributed by atoms with van der Waals surface area (Å²) in [7, 11) is 0. The van der Waals surface area contributed by atoms with Gasteiger partial charge in [0.15, 0.2) is 0 Å².